The molecule has 0 saturated heterocycles. The molecule has 0 amide bonds. The van der Waals surface area contributed by atoms with Crippen LogP contribution in [-0.2, 0) is 12.4 Å². The van der Waals surface area contributed by atoms with Crippen molar-refractivity contribution in [3.8, 4) is 33.7 Å². The maximum atomic E-state index is 14.2. The molecule has 0 unspecified atom stereocenters. The molecule has 2 heterocycles. The van der Waals surface area contributed by atoms with Crippen LogP contribution < -0.4 is 0 Å². The van der Waals surface area contributed by atoms with Gasteiger partial charge in [-0.3, -0.25) is 0 Å². The van der Waals surface area contributed by atoms with E-state index in [2.05, 4.69) is 9.97 Å². The van der Waals surface area contributed by atoms with E-state index in [4.69, 9.17) is 8.83 Å². The van der Waals surface area contributed by atoms with Crippen molar-refractivity contribution in [2.45, 2.75) is 26.2 Å². The quantitative estimate of drug-likeness (QED) is 0.205. The first-order valence-corrected chi connectivity index (χ1v) is 12.0. The highest BCUT2D eigenvalue weighted by molar-refractivity contribution is 5.86. The molecule has 0 aliphatic carbocycles. The summed E-state index contributed by atoms with van der Waals surface area (Å²) in [5.74, 6) is 0.439. The summed E-state index contributed by atoms with van der Waals surface area (Å²) in [6.45, 7) is 3.19. The van der Waals surface area contributed by atoms with Crippen molar-refractivity contribution in [3.63, 3.8) is 0 Å². The molecular formula is C30H18F6N2O2. The smallest absolute Gasteiger partial charge is 0.417 e. The molecule has 0 bridgehead atoms. The van der Waals surface area contributed by atoms with Crippen LogP contribution in [0.2, 0.25) is 0 Å². The van der Waals surface area contributed by atoms with Gasteiger partial charge in [0.05, 0.1) is 11.1 Å². The maximum Gasteiger partial charge on any atom is 0.417 e. The van der Waals surface area contributed by atoms with Crippen LogP contribution in [-0.4, -0.2) is 9.97 Å². The van der Waals surface area contributed by atoms with Crippen LogP contribution in [0.15, 0.2) is 81.6 Å². The van der Waals surface area contributed by atoms with Crippen molar-refractivity contribution in [3.05, 3.63) is 95.4 Å². The molecule has 202 valence electrons. The number of hydrogen-bond acceptors (Lipinski definition) is 4. The van der Waals surface area contributed by atoms with Gasteiger partial charge in [-0.1, -0.05) is 35.9 Å². The second-order valence-corrected chi connectivity index (χ2v) is 9.42. The number of aryl methyl sites for hydroxylation is 2. The number of nitrogens with zero attached hydrogens (tertiary/aromatic N) is 2. The molecule has 0 aliphatic heterocycles. The average molecular weight is 552 g/mol. The maximum absolute atomic E-state index is 14.2. The van der Waals surface area contributed by atoms with E-state index in [1.165, 1.54) is 19.1 Å². The number of aromatic nitrogens is 2. The molecule has 0 spiro atoms. The molecule has 6 rings (SSSR count). The van der Waals surface area contributed by atoms with Gasteiger partial charge >= 0.3 is 12.4 Å². The first kappa shape index (κ1) is 25.7. The summed E-state index contributed by atoms with van der Waals surface area (Å²) in [5.41, 5.74) is 0.382. The highest BCUT2D eigenvalue weighted by atomic mass is 19.4. The minimum Gasteiger partial charge on any atom is -0.441 e. The van der Waals surface area contributed by atoms with E-state index in [1.807, 2.05) is 18.2 Å². The Hall–Kier alpha value is -4.60. The number of rotatable bonds is 3. The lowest BCUT2D eigenvalue weighted by molar-refractivity contribution is -0.139. The fourth-order valence-corrected chi connectivity index (χ4v) is 4.72. The summed E-state index contributed by atoms with van der Waals surface area (Å²) < 4.78 is 95.0. The molecule has 0 saturated carbocycles. The Kier molecular flexibility index (Phi) is 5.76. The molecule has 4 nitrogen and oxygen atoms in total. The number of hydrogen-bond donors (Lipinski definition) is 0. The standard InChI is InChI=1S/C30H18F6N2O2/c1-15-3-7-20(22(11-15)29(31,32)33)21-8-4-19(12-23(21)30(34,35)36)28-38-25-10-6-18(14-27(25)40-28)17-5-9-24-26(13-17)39-16(2)37-24/h3-14H,1-2H3. The molecule has 0 aliphatic rings. The first-order valence-electron chi connectivity index (χ1n) is 12.0. The van der Waals surface area contributed by atoms with E-state index < -0.39 is 34.6 Å². The Balaban J connectivity index is 1.43. The SMILES string of the molecule is Cc1ccc(-c2ccc(-c3nc4ccc(-c5ccc6nc(C)oc6c5)cc4o3)cc2C(F)(F)F)c(C(F)(F)F)c1. The molecular weight excluding hydrogens is 534 g/mol. The third kappa shape index (κ3) is 4.59. The summed E-state index contributed by atoms with van der Waals surface area (Å²) in [5, 5.41) is 0. The summed E-state index contributed by atoms with van der Waals surface area (Å²) >= 11 is 0. The van der Waals surface area contributed by atoms with E-state index in [0.29, 0.717) is 28.1 Å². The second kappa shape index (κ2) is 8.97. The zero-order chi connectivity index (χ0) is 28.4. The van der Waals surface area contributed by atoms with Crippen molar-refractivity contribution < 1.29 is 35.2 Å². The first-order chi connectivity index (χ1) is 18.9. The van der Waals surface area contributed by atoms with Gasteiger partial charge in [0.25, 0.3) is 0 Å². The van der Waals surface area contributed by atoms with Gasteiger partial charge < -0.3 is 8.83 Å². The molecule has 2 aromatic heterocycles. The van der Waals surface area contributed by atoms with Crippen molar-refractivity contribution in [1.82, 2.24) is 9.97 Å². The largest absolute Gasteiger partial charge is 0.441 e. The van der Waals surface area contributed by atoms with Crippen molar-refractivity contribution >= 4 is 22.2 Å². The summed E-state index contributed by atoms with van der Waals surface area (Å²) in [6, 6.07) is 17.0. The number of alkyl halides is 6. The van der Waals surface area contributed by atoms with Crippen LogP contribution in [0.3, 0.4) is 0 Å². The Labute approximate surface area is 222 Å². The molecule has 0 radical (unpaired) electrons. The summed E-state index contributed by atoms with van der Waals surface area (Å²) in [4.78, 5) is 8.60. The zero-order valence-electron chi connectivity index (χ0n) is 20.9. The average Bonchev–Trinajstić information content (AvgIpc) is 3.49. The normalized spacial score (nSPS) is 12.5. The van der Waals surface area contributed by atoms with Gasteiger partial charge in [0.1, 0.15) is 11.0 Å². The Morgan fingerprint density at radius 3 is 1.70 bits per heavy atom. The van der Waals surface area contributed by atoms with Crippen LogP contribution in [0.25, 0.3) is 55.9 Å². The van der Waals surface area contributed by atoms with Gasteiger partial charge in [0, 0.05) is 12.5 Å². The van der Waals surface area contributed by atoms with E-state index in [1.54, 1.807) is 25.1 Å². The van der Waals surface area contributed by atoms with Crippen molar-refractivity contribution in [2.24, 2.45) is 0 Å². The van der Waals surface area contributed by atoms with E-state index in [0.717, 1.165) is 35.4 Å². The third-order valence-electron chi connectivity index (χ3n) is 6.56. The van der Waals surface area contributed by atoms with Crippen LogP contribution >= 0.6 is 0 Å². The fourth-order valence-electron chi connectivity index (χ4n) is 4.72. The number of benzene rings is 4. The number of halogens is 6. The van der Waals surface area contributed by atoms with Crippen LogP contribution in [0.1, 0.15) is 22.6 Å². The second-order valence-electron chi connectivity index (χ2n) is 9.42. The van der Waals surface area contributed by atoms with Gasteiger partial charge in [-0.05, 0) is 71.6 Å². The molecule has 0 atom stereocenters. The fraction of sp³-hybridized carbons (Fsp3) is 0.133. The molecule has 0 fully saturated rings. The van der Waals surface area contributed by atoms with Gasteiger partial charge in [-0.15, -0.1) is 0 Å². The molecule has 6 aromatic rings. The van der Waals surface area contributed by atoms with Crippen LogP contribution in [0, 0.1) is 13.8 Å². The molecule has 40 heavy (non-hydrogen) atoms. The highest BCUT2D eigenvalue weighted by Gasteiger charge is 2.38. The third-order valence-corrected chi connectivity index (χ3v) is 6.56. The summed E-state index contributed by atoms with van der Waals surface area (Å²) in [6.07, 6.45) is -9.77. The minimum atomic E-state index is -4.93. The Morgan fingerprint density at radius 1 is 0.550 bits per heavy atom. The van der Waals surface area contributed by atoms with Crippen molar-refractivity contribution in [1.29, 1.82) is 0 Å². The van der Waals surface area contributed by atoms with Gasteiger partial charge in [0.15, 0.2) is 17.1 Å². The summed E-state index contributed by atoms with van der Waals surface area (Å²) in [7, 11) is 0. The predicted molar refractivity (Wildman–Crippen MR) is 137 cm³/mol. The van der Waals surface area contributed by atoms with Crippen LogP contribution in [0.4, 0.5) is 26.3 Å². The number of fused-ring (bicyclic) bond motifs is 2. The van der Waals surface area contributed by atoms with Crippen molar-refractivity contribution in [2.75, 3.05) is 0 Å². The lowest BCUT2D eigenvalue weighted by Crippen LogP contribution is -2.12. The van der Waals surface area contributed by atoms with Gasteiger partial charge in [0.2, 0.25) is 5.89 Å². The van der Waals surface area contributed by atoms with E-state index >= 15 is 0 Å². The molecule has 4 aromatic carbocycles. The topological polar surface area (TPSA) is 52.1 Å². The Morgan fingerprint density at radius 2 is 1.07 bits per heavy atom. The minimum absolute atomic E-state index is 0.0203. The molecule has 0 N–H and O–H groups in total. The lowest BCUT2D eigenvalue weighted by Gasteiger charge is -2.18. The highest BCUT2D eigenvalue weighted by Crippen LogP contribution is 2.44. The monoisotopic (exact) mass is 552 g/mol. The zero-order valence-corrected chi connectivity index (χ0v) is 20.9. The Bertz CT molecular complexity index is 1910. The van der Waals surface area contributed by atoms with Gasteiger partial charge in [-0.2, -0.15) is 26.3 Å². The van der Waals surface area contributed by atoms with Gasteiger partial charge in [-0.25, -0.2) is 9.97 Å². The molecule has 10 heteroatoms. The van der Waals surface area contributed by atoms with E-state index in [-0.39, 0.29) is 17.0 Å². The predicted octanol–water partition coefficient (Wildman–Crippen LogP) is 9.62. The number of oxazole rings is 2. The van der Waals surface area contributed by atoms with E-state index in [9.17, 15) is 26.3 Å². The lowest BCUT2D eigenvalue weighted by atomic mass is 9.92. The van der Waals surface area contributed by atoms with Crippen LogP contribution in [0.5, 0.6) is 0 Å².